The van der Waals surface area contributed by atoms with E-state index in [9.17, 15) is 9.90 Å². The number of methoxy groups -OCH3 is 4. The summed E-state index contributed by atoms with van der Waals surface area (Å²) in [5.74, 6) is 1.04. The van der Waals surface area contributed by atoms with Gasteiger partial charge >= 0.3 is 0 Å². The molecule has 2 aromatic carbocycles. The molecule has 0 saturated heterocycles. The summed E-state index contributed by atoms with van der Waals surface area (Å²) in [5, 5.41) is 15.2. The minimum absolute atomic E-state index is 0.00250. The number of ether oxygens (including phenoxy) is 4. The number of phenols is 1. The first-order valence-corrected chi connectivity index (χ1v) is 8.13. The van der Waals surface area contributed by atoms with Gasteiger partial charge in [-0.3, -0.25) is 10.1 Å². The number of rotatable bonds is 6. The molecule has 9 heteroatoms. The lowest BCUT2D eigenvalue weighted by Crippen LogP contribution is -2.34. The maximum Gasteiger partial charge on any atom is 0.257 e. The van der Waals surface area contributed by atoms with Crippen molar-refractivity contribution in [2.45, 2.75) is 0 Å². The van der Waals surface area contributed by atoms with E-state index in [0.717, 1.165) is 0 Å². The number of hydrogen-bond donors (Lipinski definition) is 3. The van der Waals surface area contributed by atoms with Gasteiger partial charge in [0.2, 0.25) is 5.75 Å². The number of carbonyl (C=O) groups is 1. The van der Waals surface area contributed by atoms with Crippen molar-refractivity contribution in [2.75, 3.05) is 33.8 Å². The summed E-state index contributed by atoms with van der Waals surface area (Å²) >= 11 is 5.14. The Morgan fingerprint density at radius 3 is 2.11 bits per heavy atom. The van der Waals surface area contributed by atoms with Crippen molar-refractivity contribution in [2.24, 2.45) is 0 Å². The lowest BCUT2D eigenvalue weighted by molar-refractivity contribution is 0.0977. The number of phenolic OH excluding ortho intramolecular Hbond substituents is 1. The molecule has 0 radical (unpaired) electrons. The van der Waals surface area contributed by atoms with E-state index in [-0.39, 0.29) is 16.4 Å². The second-order valence-electron chi connectivity index (χ2n) is 5.21. The summed E-state index contributed by atoms with van der Waals surface area (Å²) in [6, 6.07) is 7.60. The van der Waals surface area contributed by atoms with Crippen LogP contribution in [0, 0.1) is 0 Å². The van der Waals surface area contributed by atoms with Crippen LogP contribution in [0.5, 0.6) is 28.7 Å². The Balaban J connectivity index is 2.18. The number of thiocarbonyl (C=S) groups is 1. The molecule has 1 amide bonds. The largest absolute Gasteiger partial charge is 0.506 e. The molecule has 0 aliphatic heterocycles. The van der Waals surface area contributed by atoms with Crippen molar-refractivity contribution in [3.63, 3.8) is 0 Å². The molecule has 144 valence electrons. The van der Waals surface area contributed by atoms with Crippen LogP contribution in [0.15, 0.2) is 30.3 Å². The van der Waals surface area contributed by atoms with Crippen LogP contribution in [0.25, 0.3) is 0 Å². The third-order valence-corrected chi connectivity index (χ3v) is 3.81. The lowest BCUT2D eigenvalue weighted by atomic mass is 10.1. The van der Waals surface area contributed by atoms with E-state index in [1.165, 1.54) is 46.6 Å². The third-order valence-electron chi connectivity index (χ3n) is 3.61. The topological polar surface area (TPSA) is 98.3 Å². The summed E-state index contributed by atoms with van der Waals surface area (Å²) in [6.07, 6.45) is 0. The smallest absolute Gasteiger partial charge is 0.257 e. The Hall–Kier alpha value is -3.20. The Kier molecular flexibility index (Phi) is 6.67. The molecule has 0 fully saturated rings. The van der Waals surface area contributed by atoms with E-state index >= 15 is 0 Å². The zero-order chi connectivity index (χ0) is 20.0. The monoisotopic (exact) mass is 392 g/mol. The Morgan fingerprint density at radius 1 is 0.963 bits per heavy atom. The molecule has 0 aliphatic carbocycles. The number of hydrogen-bond acceptors (Lipinski definition) is 7. The molecule has 0 saturated carbocycles. The maximum atomic E-state index is 12.5. The van der Waals surface area contributed by atoms with Crippen molar-refractivity contribution >= 4 is 28.9 Å². The molecule has 27 heavy (non-hydrogen) atoms. The molecule has 0 atom stereocenters. The molecule has 2 rings (SSSR count). The summed E-state index contributed by atoms with van der Waals surface area (Å²) in [4.78, 5) is 12.5. The van der Waals surface area contributed by atoms with Crippen LogP contribution >= 0.6 is 12.2 Å². The van der Waals surface area contributed by atoms with Crippen molar-refractivity contribution in [1.29, 1.82) is 0 Å². The van der Waals surface area contributed by atoms with Crippen molar-refractivity contribution in [1.82, 2.24) is 5.32 Å². The van der Waals surface area contributed by atoms with Gasteiger partial charge in [0.15, 0.2) is 16.6 Å². The van der Waals surface area contributed by atoms with E-state index in [2.05, 4.69) is 10.6 Å². The number of benzene rings is 2. The van der Waals surface area contributed by atoms with Crippen LogP contribution in [0.1, 0.15) is 10.4 Å². The predicted octanol–water partition coefficient (Wildman–Crippen LogP) is 2.55. The predicted molar refractivity (Wildman–Crippen MR) is 104 cm³/mol. The Morgan fingerprint density at radius 2 is 1.59 bits per heavy atom. The van der Waals surface area contributed by atoms with Gasteiger partial charge in [-0.1, -0.05) is 0 Å². The first-order chi connectivity index (χ1) is 12.9. The van der Waals surface area contributed by atoms with Gasteiger partial charge in [-0.15, -0.1) is 0 Å². The molecule has 0 aromatic heterocycles. The highest BCUT2D eigenvalue weighted by Gasteiger charge is 2.18. The highest BCUT2D eigenvalue weighted by Crippen LogP contribution is 2.38. The average Bonchev–Trinajstić information content (AvgIpc) is 2.68. The summed E-state index contributed by atoms with van der Waals surface area (Å²) in [7, 11) is 5.88. The number of aromatic hydroxyl groups is 1. The van der Waals surface area contributed by atoms with Crippen LogP contribution in [0.4, 0.5) is 5.69 Å². The van der Waals surface area contributed by atoms with Gasteiger partial charge < -0.3 is 29.4 Å². The van der Waals surface area contributed by atoms with E-state index in [1.807, 2.05) is 0 Å². The number of anilines is 1. The molecule has 0 heterocycles. The number of carbonyl (C=O) groups excluding carboxylic acids is 1. The molecule has 3 N–H and O–H groups in total. The summed E-state index contributed by atoms with van der Waals surface area (Å²) in [5.41, 5.74) is 0.549. The van der Waals surface area contributed by atoms with Gasteiger partial charge in [0.25, 0.3) is 5.91 Å². The minimum atomic E-state index is -0.492. The summed E-state index contributed by atoms with van der Waals surface area (Å²) in [6.45, 7) is 0. The van der Waals surface area contributed by atoms with Gasteiger partial charge in [0.1, 0.15) is 11.5 Å². The van der Waals surface area contributed by atoms with E-state index in [1.54, 1.807) is 12.1 Å². The third kappa shape index (κ3) is 4.70. The van der Waals surface area contributed by atoms with Crippen LogP contribution in [0.3, 0.4) is 0 Å². The number of amides is 1. The van der Waals surface area contributed by atoms with Gasteiger partial charge in [0, 0.05) is 11.6 Å². The fourth-order valence-corrected chi connectivity index (χ4v) is 2.49. The first-order valence-electron chi connectivity index (χ1n) is 7.72. The van der Waals surface area contributed by atoms with Crippen LogP contribution in [-0.4, -0.2) is 44.6 Å². The van der Waals surface area contributed by atoms with Crippen LogP contribution in [0.2, 0.25) is 0 Å². The van der Waals surface area contributed by atoms with E-state index < -0.39 is 5.91 Å². The van der Waals surface area contributed by atoms with E-state index in [4.69, 9.17) is 31.2 Å². The molecule has 0 bridgehead atoms. The molecular formula is C18H20N2O6S. The SMILES string of the molecule is COc1ccc(O)c(NC(=S)NC(=O)c2cc(OC)c(OC)c(OC)c2)c1. The fraction of sp³-hybridized carbons (Fsp3) is 0.222. The van der Waals surface area contributed by atoms with Crippen molar-refractivity contribution in [3.8, 4) is 28.7 Å². The number of nitrogens with one attached hydrogen (secondary N) is 2. The van der Waals surface area contributed by atoms with Gasteiger partial charge in [-0.05, 0) is 36.5 Å². The standard InChI is InChI=1S/C18H20N2O6S/c1-23-11-5-6-13(21)12(9-11)19-18(27)20-17(22)10-7-14(24-2)16(26-4)15(8-10)25-3/h5-9,21H,1-4H3,(H2,19,20,22,27). The Labute approximate surface area is 162 Å². The second-order valence-corrected chi connectivity index (χ2v) is 5.61. The van der Waals surface area contributed by atoms with Crippen molar-refractivity contribution < 1.29 is 28.8 Å². The maximum absolute atomic E-state index is 12.5. The molecular weight excluding hydrogens is 372 g/mol. The van der Waals surface area contributed by atoms with Gasteiger partial charge in [0.05, 0.1) is 34.1 Å². The molecule has 2 aromatic rings. The molecule has 0 aliphatic rings. The Bertz CT molecular complexity index is 831. The zero-order valence-corrected chi connectivity index (χ0v) is 16.1. The van der Waals surface area contributed by atoms with Crippen LogP contribution < -0.4 is 29.6 Å². The minimum Gasteiger partial charge on any atom is -0.506 e. The quantitative estimate of drug-likeness (QED) is 0.510. The summed E-state index contributed by atoms with van der Waals surface area (Å²) < 4.78 is 20.8. The highest BCUT2D eigenvalue weighted by molar-refractivity contribution is 7.80. The molecule has 0 spiro atoms. The van der Waals surface area contributed by atoms with Gasteiger partial charge in [-0.2, -0.15) is 0 Å². The van der Waals surface area contributed by atoms with Gasteiger partial charge in [-0.25, -0.2) is 0 Å². The first kappa shape index (κ1) is 20.1. The highest BCUT2D eigenvalue weighted by atomic mass is 32.1. The van der Waals surface area contributed by atoms with Crippen LogP contribution in [-0.2, 0) is 0 Å². The second kappa shape index (κ2) is 8.95. The average molecular weight is 392 g/mol. The van der Waals surface area contributed by atoms with E-state index in [0.29, 0.717) is 28.7 Å². The van der Waals surface area contributed by atoms with Crippen molar-refractivity contribution in [3.05, 3.63) is 35.9 Å². The molecule has 8 nitrogen and oxygen atoms in total. The lowest BCUT2D eigenvalue weighted by Gasteiger charge is -2.15. The zero-order valence-electron chi connectivity index (χ0n) is 15.3. The molecule has 0 unspecified atom stereocenters. The normalized spacial score (nSPS) is 9.93. The fourth-order valence-electron chi connectivity index (χ4n) is 2.28.